The van der Waals surface area contributed by atoms with E-state index in [1.807, 2.05) is 36.4 Å². The van der Waals surface area contributed by atoms with E-state index in [4.69, 9.17) is 49.7 Å². The SMILES string of the molecule is Cc1c(COc2nc(OCCCCC#N)c(CNCCCC(=O)O)cc2Br)cccc1-c1cccc(COc2nc(OCCCCC#N)c(CNCCCC(=O)O)cc2Br)c1C. The van der Waals surface area contributed by atoms with E-state index in [1.165, 1.54) is 0 Å². The Bertz CT molecular complexity index is 2040. The Morgan fingerprint density at radius 1 is 0.613 bits per heavy atom. The van der Waals surface area contributed by atoms with Crippen LogP contribution in [0.25, 0.3) is 11.1 Å². The number of pyridine rings is 2. The number of ether oxygens (including phenoxy) is 4. The van der Waals surface area contributed by atoms with E-state index < -0.39 is 11.9 Å². The predicted octanol–water partition coefficient (Wildman–Crippen LogP) is 9.50. The Hall–Kier alpha value is -5.26. The topological polar surface area (TPSA) is 209 Å². The summed E-state index contributed by atoms with van der Waals surface area (Å²) < 4.78 is 26.1. The van der Waals surface area contributed by atoms with Crippen LogP contribution in [-0.4, -0.2) is 58.4 Å². The monoisotopic (exact) mass is 976 g/mol. The smallest absolute Gasteiger partial charge is 0.303 e. The lowest BCUT2D eigenvalue weighted by Gasteiger charge is -2.18. The summed E-state index contributed by atoms with van der Waals surface area (Å²) in [6, 6.07) is 20.3. The van der Waals surface area contributed by atoms with Gasteiger partial charge in [-0.05, 0) is 143 Å². The first kappa shape index (κ1) is 49.4. The molecule has 2 aromatic carbocycles. The summed E-state index contributed by atoms with van der Waals surface area (Å²) in [5.41, 5.74) is 7.75. The van der Waals surface area contributed by atoms with Crippen molar-refractivity contribution in [3.8, 4) is 46.8 Å². The van der Waals surface area contributed by atoms with Crippen molar-refractivity contribution in [3.05, 3.63) is 90.9 Å². The molecular weight excluding hydrogens is 924 g/mol. The maximum Gasteiger partial charge on any atom is 0.303 e. The predicted molar refractivity (Wildman–Crippen MR) is 241 cm³/mol. The first-order valence-corrected chi connectivity index (χ1v) is 22.3. The second-order valence-corrected chi connectivity index (χ2v) is 16.2. The average Bonchev–Trinajstić information content (AvgIpc) is 3.24. The summed E-state index contributed by atoms with van der Waals surface area (Å²) in [5.74, 6) is -0.0819. The first-order chi connectivity index (χ1) is 30.0. The van der Waals surface area contributed by atoms with Crippen LogP contribution in [0.3, 0.4) is 0 Å². The van der Waals surface area contributed by atoms with Crippen molar-refractivity contribution < 1.29 is 38.7 Å². The lowest BCUT2D eigenvalue weighted by atomic mass is 9.92. The molecule has 0 atom stereocenters. The van der Waals surface area contributed by atoms with Crippen LogP contribution in [0.5, 0.6) is 23.5 Å². The van der Waals surface area contributed by atoms with Crippen LogP contribution in [0, 0.1) is 36.5 Å². The molecule has 0 radical (unpaired) electrons. The second kappa shape index (κ2) is 26.9. The van der Waals surface area contributed by atoms with E-state index in [2.05, 4.69) is 80.6 Å². The molecule has 330 valence electrons. The Kier molecular flexibility index (Phi) is 21.5. The number of carboxylic acids is 2. The lowest BCUT2D eigenvalue weighted by Crippen LogP contribution is -2.17. The molecule has 16 heteroatoms. The number of carbonyl (C=O) groups is 2. The molecule has 0 fully saturated rings. The molecule has 0 unspecified atom stereocenters. The van der Waals surface area contributed by atoms with Crippen molar-refractivity contribution in [2.45, 2.75) is 104 Å². The van der Waals surface area contributed by atoms with Gasteiger partial charge in [0.15, 0.2) is 0 Å². The third-order valence-corrected chi connectivity index (χ3v) is 11.0. The van der Waals surface area contributed by atoms with E-state index in [1.54, 1.807) is 0 Å². The molecule has 4 aromatic rings. The molecule has 0 bridgehead atoms. The number of rotatable bonds is 29. The van der Waals surface area contributed by atoms with Crippen LogP contribution in [-0.2, 0) is 35.9 Å². The van der Waals surface area contributed by atoms with Gasteiger partial charge in [-0.25, -0.2) is 0 Å². The van der Waals surface area contributed by atoms with Gasteiger partial charge in [0.2, 0.25) is 23.5 Å². The van der Waals surface area contributed by atoms with Gasteiger partial charge in [-0.2, -0.15) is 20.5 Å². The number of nitriles is 2. The number of aromatic nitrogens is 2. The van der Waals surface area contributed by atoms with Crippen molar-refractivity contribution in [2.24, 2.45) is 0 Å². The molecule has 0 saturated heterocycles. The zero-order valence-corrected chi connectivity index (χ0v) is 38.4. The fraction of sp³-hybridized carbons (Fsp3) is 0.435. The lowest BCUT2D eigenvalue weighted by molar-refractivity contribution is -0.138. The number of halogens is 2. The maximum atomic E-state index is 10.9. The third kappa shape index (κ3) is 16.2. The van der Waals surface area contributed by atoms with E-state index >= 15 is 0 Å². The molecule has 0 spiro atoms. The van der Waals surface area contributed by atoms with Crippen LogP contribution < -0.4 is 29.6 Å². The Balaban J connectivity index is 1.48. The summed E-state index contributed by atoms with van der Waals surface area (Å²) in [7, 11) is 0. The number of unbranched alkanes of at least 4 members (excludes halogenated alkanes) is 4. The largest absolute Gasteiger partial charge is 0.481 e. The molecule has 0 aliphatic rings. The molecular formula is C46H54Br2N6O8. The van der Waals surface area contributed by atoms with Gasteiger partial charge >= 0.3 is 11.9 Å². The van der Waals surface area contributed by atoms with E-state index in [-0.39, 0.29) is 26.1 Å². The highest BCUT2D eigenvalue weighted by atomic mass is 79.9. The van der Waals surface area contributed by atoms with Gasteiger partial charge in [-0.3, -0.25) is 9.59 Å². The highest BCUT2D eigenvalue weighted by molar-refractivity contribution is 9.10. The standard InChI is InChI=1S/C46H54Br2N6O8/c1-31-33(29-61-45-39(47)25-35(27-51-21-11-17-41(55)56)43(53-45)59-23-7-3-5-19-49)13-9-15-37(31)38-16-10-14-34(32(38)2)30-62-46-40(48)26-36(28-52-22-12-18-42(57)58)44(54-46)60-24-8-4-6-20-50/h9-10,13-16,25-26,51-52H,3-8,11-12,17-18,21-24,27-30H2,1-2H3,(H,55,56)(H,57,58). The molecule has 2 aromatic heterocycles. The number of hydrogen-bond donors (Lipinski definition) is 4. The Morgan fingerprint density at radius 3 is 1.42 bits per heavy atom. The molecule has 14 nitrogen and oxygen atoms in total. The number of benzene rings is 2. The molecule has 0 aliphatic heterocycles. The van der Waals surface area contributed by atoms with Gasteiger partial charge in [0.25, 0.3) is 0 Å². The molecule has 0 aliphatic carbocycles. The van der Waals surface area contributed by atoms with Crippen LogP contribution in [0.4, 0.5) is 0 Å². The number of carboxylic acid groups (broad SMARTS) is 2. The minimum atomic E-state index is -0.834. The Labute approximate surface area is 380 Å². The number of aliphatic carboxylic acids is 2. The van der Waals surface area contributed by atoms with E-state index in [9.17, 15) is 9.59 Å². The second-order valence-electron chi connectivity index (χ2n) is 14.5. The van der Waals surface area contributed by atoms with Crippen molar-refractivity contribution in [1.82, 2.24) is 20.6 Å². The van der Waals surface area contributed by atoms with Gasteiger partial charge in [0.1, 0.15) is 13.2 Å². The van der Waals surface area contributed by atoms with E-state index in [0.717, 1.165) is 44.5 Å². The molecule has 2 heterocycles. The quantitative estimate of drug-likeness (QED) is 0.0374. The summed E-state index contributed by atoms with van der Waals surface area (Å²) in [5, 5.41) is 42.3. The minimum Gasteiger partial charge on any atom is -0.481 e. The van der Waals surface area contributed by atoms with E-state index in [0.29, 0.717) is 123 Å². The van der Waals surface area contributed by atoms with Crippen LogP contribution in [0.2, 0.25) is 0 Å². The minimum absolute atomic E-state index is 0.0833. The van der Waals surface area contributed by atoms with Crippen LogP contribution >= 0.6 is 31.9 Å². The fourth-order valence-electron chi connectivity index (χ4n) is 6.37. The van der Waals surface area contributed by atoms with Crippen LogP contribution in [0.15, 0.2) is 57.5 Å². The molecule has 62 heavy (non-hydrogen) atoms. The van der Waals surface area contributed by atoms with Crippen molar-refractivity contribution in [2.75, 3.05) is 26.3 Å². The first-order valence-electron chi connectivity index (χ1n) is 20.7. The summed E-state index contributed by atoms with van der Waals surface area (Å²) >= 11 is 7.26. The Morgan fingerprint density at radius 2 is 1.03 bits per heavy atom. The third-order valence-electron chi connectivity index (χ3n) is 9.84. The number of hydrogen-bond acceptors (Lipinski definition) is 12. The number of nitrogens with zero attached hydrogens (tertiary/aromatic N) is 4. The molecule has 4 rings (SSSR count). The maximum absolute atomic E-state index is 10.9. The highest BCUT2D eigenvalue weighted by Gasteiger charge is 2.18. The molecule has 0 saturated carbocycles. The fourth-order valence-corrected chi connectivity index (χ4v) is 7.33. The van der Waals surface area contributed by atoms with Gasteiger partial charge < -0.3 is 39.8 Å². The summed E-state index contributed by atoms with van der Waals surface area (Å²) in [6.07, 6.45) is 4.90. The zero-order valence-electron chi connectivity index (χ0n) is 35.2. The zero-order chi connectivity index (χ0) is 44.7. The van der Waals surface area contributed by atoms with Crippen LogP contribution in [0.1, 0.15) is 97.6 Å². The molecule has 0 amide bonds. The van der Waals surface area contributed by atoms with Crippen molar-refractivity contribution in [3.63, 3.8) is 0 Å². The van der Waals surface area contributed by atoms with Crippen molar-refractivity contribution >= 4 is 43.8 Å². The number of nitrogens with one attached hydrogen (secondary N) is 2. The summed E-state index contributed by atoms with van der Waals surface area (Å²) in [6.45, 7) is 7.33. The van der Waals surface area contributed by atoms with Gasteiger partial charge in [0.05, 0.1) is 34.3 Å². The van der Waals surface area contributed by atoms with Gasteiger partial charge in [-0.1, -0.05) is 36.4 Å². The van der Waals surface area contributed by atoms with Gasteiger partial charge in [-0.15, -0.1) is 0 Å². The van der Waals surface area contributed by atoms with Crippen molar-refractivity contribution in [1.29, 1.82) is 10.5 Å². The highest BCUT2D eigenvalue weighted by Crippen LogP contribution is 2.35. The molecule has 4 N–H and O–H groups in total. The normalized spacial score (nSPS) is 10.8. The average molecular weight is 979 g/mol. The van der Waals surface area contributed by atoms with Gasteiger partial charge in [0, 0.05) is 49.9 Å². The summed E-state index contributed by atoms with van der Waals surface area (Å²) in [4.78, 5) is 31.3.